The number of alkyl halides is 3. The summed E-state index contributed by atoms with van der Waals surface area (Å²) in [6.45, 7) is 3.22. The first-order valence-corrected chi connectivity index (χ1v) is 14.3. The number of aromatic nitrogens is 4. The van der Waals surface area contributed by atoms with Gasteiger partial charge < -0.3 is 15.5 Å². The van der Waals surface area contributed by atoms with E-state index in [-0.39, 0.29) is 17.8 Å². The van der Waals surface area contributed by atoms with Crippen LogP contribution in [-0.4, -0.2) is 49.9 Å². The van der Waals surface area contributed by atoms with E-state index in [1.165, 1.54) is 0 Å². The number of amides is 1. The van der Waals surface area contributed by atoms with Crippen molar-refractivity contribution >= 4 is 34.3 Å². The smallest absolute Gasteiger partial charge is 0.367 e. The standard InChI is InChI=1S/C33H30F3N7O/c1-21-16-28(41-31(17-21)42-30-19-24(9-13-38-30)33(34,35)36)23-7-8-29(39-20-23)40-25-10-14-43(15-11-25)32(44)18-22-4-2-6-27-26(22)5-3-12-37-27/h2-9,12-13,16-17,19-20,25H,10-11,14-15,18H2,1H3,(H,39,40)(H,38,41,42). The van der Waals surface area contributed by atoms with Crippen LogP contribution in [0.1, 0.15) is 29.5 Å². The number of halogens is 3. The number of hydrogen-bond donors (Lipinski definition) is 2. The normalized spacial score (nSPS) is 14.0. The quantitative estimate of drug-likeness (QED) is 0.213. The predicted molar refractivity (Wildman–Crippen MR) is 163 cm³/mol. The maximum absolute atomic E-state index is 13.1. The van der Waals surface area contributed by atoms with Gasteiger partial charge in [-0.1, -0.05) is 18.2 Å². The van der Waals surface area contributed by atoms with E-state index in [2.05, 4.69) is 30.6 Å². The molecule has 0 unspecified atom stereocenters. The summed E-state index contributed by atoms with van der Waals surface area (Å²) in [6.07, 6.45) is 2.10. The molecule has 0 spiro atoms. The summed E-state index contributed by atoms with van der Waals surface area (Å²) < 4.78 is 39.3. The van der Waals surface area contributed by atoms with Gasteiger partial charge in [0, 0.05) is 48.7 Å². The highest BCUT2D eigenvalue weighted by Gasteiger charge is 2.30. The van der Waals surface area contributed by atoms with Crippen molar-refractivity contribution < 1.29 is 18.0 Å². The molecule has 1 amide bonds. The zero-order chi connectivity index (χ0) is 30.7. The molecule has 11 heteroatoms. The van der Waals surface area contributed by atoms with E-state index < -0.39 is 11.7 Å². The molecule has 0 radical (unpaired) electrons. The number of benzene rings is 1. The van der Waals surface area contributed by atoms with Crippen molar-refractivity contribution in [1.82, 2.24) is 24.8 Å². The summed E-state index contributed by atoms with van der Waals surface area (Å²) >= 11 is 0. The van der Waals surface area contributed by atoms with Gasteiger partial charge in [0.2, 0.25) is 5.91 Å². The van der Waals surface area contributed by atoms with Crippen molar-refractivity contribution in [1.29, 1.82) is 0 Å². The van der Waals surface area contributed by atoms with Crippen LogP contribution < -0.4 is 10.6 Å². The van der Waals surface area contributed by atoms with Gasteiger partial charge in [-0.15, -0.1) is 0 Å². The van der Waals surface area contributed by atoms with E-state index in [0.29, 0.717) is 31.0 Å². The van der Waals surface area contributed by atoms with Gasteiger partial charge in [0.15, 0.2) is 0 Å². The summed E-state index contributed by atoms with van der Waals surface area (Å²) in [6, 6.07) is 19.3. The van der Waals surface area contributed by atoms with Gasteiger partial charge >= 0.3 is 6.18 Å². The van der Waals surface area contributed by atoms with E-state index in [4.69, 9.17) is 0 Å². The lowest BCUT2D eigenvalue weighted by Crippen LogP contribution is -2.43. The molecule has 2 N–H and O–H groups in total. The van der Waals surface area contributed by atoms with Crippen molar-refractivity contribution in [2.24, 2.45) is 0 Å². The minimum Gasteiger partial charge on any atom is -0.367 e. The second kappa shape index (κ2) is 12.3. The van der Waals surface area contributed by atoms with Crippen LogP contribution in [0, 0.1) is 6.92 Å². The number of nitrogens with one attached hydrogen (secondary N) is 2. The SMILES string of the molecule is Cc1cc(Nc2cc(C(F)(F)F)ccn2)nc(-c2ccc(NC3CCN(C(=O)Cc4cccc5ncccc45)CC3)nc2)c1. The summed E-state index contributed by atoms with van der Waals surface area (Å²) in [4.78, 5) is 32.5. The number of hydrogen-bond acceptors (Lipinski definition) is 7. The van der Waals surface area contributed by atoms with Crippen LogP contribution in [0.15, 0.2) is 85.3 Å². The molecule has 5 heterocycles. The Balaban J connectivity index is 1.05. The number of aryl methyl sites for hydroxylation is 1. The Morgan fingerprint density at radius 1 is 0.909 bits per heavy atom. The number of fused-ring (bicyclic) bond motifs is 1. The summed E-state index contributed by atoms with van der Waals surface area (Å²) in [5, 5.41) is 7.37. The first-order chi connectivity index (χ1) is 21.2. The molecular weight excluding hydrogens is 567 g/mol. The fourth-order valence-corrected chi connectivity index (χ4v) is 5.39. The number of likely N-dealkylation sites (tertiary alicyclic amines) is 1. The van der Waals surface area contributed by atoms with Crippen molar-refractivity contribution in [3.05, 3.63) is 102 Å². The first kappa shape index (κ1) is 29.0. The van der Waals surface area contributed by atoms with Gasteiger partial charge in [-0.05, 0) is 79.4 Å². The van der Waals surface area contributed by atoms with Crippen LogP contribution in [0.5, 0.6) is 0 Å². The highest BCUT2D eigenvalue weighted by molar-refractivity contribution is 5.88. The Morgan fingerprint density at radius 3 is 2.52 bits per heavy atom. The van der Waals surface area contributed by atoms with Crippen LogP contribution in [0.4, 0.5) is 30.6 Å². The number of carbonyl (C=O) groups is 1. The van der Waals surface area contributed by atoms with Crippen LogP contribution in [0.3, 0.4) is 0 Å². The maximum atomic E-state index is 13.1. The highest BCUT2D eigenvalue weighted by atomic mass is 19.4. The molecule has 5 aromatic rings. The second-order valence-corrected chi connectivity index (χ2v) is 10.9. The summed E-state index contributed by atoms with van der Waals surface area (Å²) in [7, 11) is 0. The minimum absolute atomic E-state index is 0.0557. The minimum atomic E-state index is -4.46. The topological polar surface area (TPSA) is 95.9 Å². The molecule has 8 nitrogen and oxygen atoms in total. The van der Waals surface area contributed by atoms with Crippen LogP contribution in [0.2, 0.25) is 0 Å². The molecule has 1 aliphatic heterocycles. The van der Waals surface area contributed by atoms with Gasteiger partial charge in [0.1, 0.15) is 17.5 Å². The Hall–Kier alpha value is -5.06. The van der Waals surface area contributed by atoms with Crippen LogP contribution in [-0.2, 0) is 17.4 Å². The molecule has 0 aliphatic carbocycles. The van der Waals surface area contributed by atoms with Crippen LogP contribution >= 0.6 is 0 Å². The number of rotatable bonds is 7. The molecule has 0 atom stereocenters. The Bertz CT molecular complexity index is 1780. The fraction of sp³-hybridized carbons (Fsp3) is 0.242. The van der Waals surface area contributed by atoms with E-state index >= 15 is 0 Å². The molecule has 224 valence electrons. The maximum Gasteiger partial charge on any atom is 0.416 e. The predicted octanol–water partition coefficient (Wildman–Crippen LogP) is 6.80. The summed E-state index contributed by atoms with van der Waals surface area (Å²) in [5.41, 5.74) is 3.37. The van der Waals surface area contributed by atoms with E-state index in [1.807, 2.05) is 60.4 Å². The van der Waals surface area contributed by atoms with E-state index in [1.54, 1.807) is 18.5 Å². The molecule has 1 aromatic carbocycles. The molecule has 44 heavy (non-hydrogen) atoms. The molecule has 0 bridgehead atoms. The van der Waals surface area contributed by atoms with Gasteiger partial charge in [-0.25, -0.2) is 15.0 Å². The van der Waals surface area contributed by atoms with Crippen LogP contribution in [0.25, 0.3) is 22.2 Å². The van der Waals surface area contributed by atoms with Crippen molar-refractivity contribution in [2.75, 3.05) is 23.7 Å². The average Bonchev–Trinajstić information content (AvgIpc) is 3.01. The van der Waals surface area contributed by atoms with Gasteiger partial charge in [0.25, 0.3) is 0 Å². The van der Waals surface area contributed by atoms with Gasteiger partial charge in [0.05, 0.1) is 23.2 Å². The molecule has 1 aliphatic rings. The Morgan fingerprint density at radius 2 is 1.75 bits per heavy atom. The number of carbonyl (C=O) groups excluding carboxylic acids is 1. The largest absolute Gasteiger partial charge is 0.416 e. The Kier molecular flexibility index (Phi) is 8.10. The van der Waals surface area contributed by atoms with E-state index in [0.717, 1.165) is 64.6 Å². The average molecular weight is 598 g/mol. The monoisotopic (exact) mass is 597 g/mol. The van der Waals surface area contributed by atoms with Crippen molar-refractivity contribution in [2.45, 2.75) is 38.4 Å². The zero-order valence-corrected chi connectivity index (χ0v) is 24.0. The third-order valence-electron chi connectivity index (χ3n) is 7.65. The Labute approximate surface area is 252 Å². The molecule has 6 rings (SSSR count). The molecule has 1 saturated heterocycles. The lowest BCUT2D eigenvalue weighted by Gasteiger charge is -2.32. The second-order valence-electron chi connectivity index (χ2n) is 10.9. The first-order valence-electron chi connectivity index (χ1n) is 14.3. The highest BCUT2D eigenvalue weighted by Crippen LogP contribution is 2.31. The number of anilines is 3. The van der Waals surface area contributed by atoms with E-state index in [9.17, 15) is 18.0 Å². The fourth-order valence-electron chi connectivity index (χ4n) is 5.39. The number of piperidine rings is 1. The van der Waals surface area contributed by atoms with Crippen molar-refractivity contribution in [3.63, 3.8) is 0 Å². The van der Waals surface area contributed by atoms with Crippen molar-refractivity contribution in [3.8, 4) is 11.3 Å². The molecule has 4 aromatic heterocycles. The van der Waals surface area contributed by atoms with Gasteiger partial charge in [-0.3, -0.25) is 9.78 Å². The van der Waals surface area contributed by atoms with Gasteiger partial charge in [-0.2, -0.15) is 13.2 Å². The molecule has 1 fully saturated rings. The molecular formula is C33H30F3N7O. The lowest BCUT2D eigenvalue weighted by atomic mass is 10.0. The number of pyridine rings is 4. The zero-order valence-electron chi connectivity index (χ0n) is 24.0. The number of nitrogens with zero attached hydrogens (tertiary/aromatic N) is 5. The lowest BCUT2D eigenvalue weighted by molar-refractivity contribution is -0.137. The molecule has 0 saturated carbocycles. The third kappa shape index (κ3) is 6.77. The summed E-state index contributed by atoms with van der Waals surface area (Å²) in [5.74, 6) is 1.28. The third-order valence-corrected chi connectivity index (χ3v) is 7.65.